The molecule has 0 bridgehead atoms. The maximum absolute atomic E-state index is 11.8. The third kappa shape index (κ3) is 5.25. The van der Waals surface area contributed by atoms with Crippen molar-refractivity contribution in [2.75, 3.05) is 48.6 Å². The normalized spacial score (nSPS) is 11.6. The average molecular weight is 354 g/mol. The molecule has 0 heterocycles. The molecule has 1 N–H and O–H groups in total. The molecule has 0 aliphatic carbocycles. The molecule has 140 valence electrons. The van der Waals surface area contributed by atoms with Crippen LogP contribution in [0.2, 0.25) is 0 Å². The lowest BCUT2D eigenvalue weighted by atomic mass is 10.0. The van der Waals surface area contributed by atoms with Gasteiger partial charge in [-0.15, -0.1) is 0 Å². The average Bonchev–Trinajstić information content (AvgIpc) is 2.60. The Morgan fingerprint density at radius 2 is 1.64 bits per heavy atom. The van der Waals surface area contributed by atoms with Crippen molar-refractivity contribution >= 4 is 11.9 Å². The highest BCUT2D eigenvalue weighted by molar-refractivity contribution is 6.32. The van der Waals surface area contributed by atoms with Gasteiger partial charge in [0, 0.05) is 6.54 Å². The van der Waals surface area contributed by atoms with E-state index in [1.807, 2.05) is 31.1 Å². The Labute approximate surface area is 148 Å². The van der Waals surface area contributed by atoms with Crippen molar-refractivity contribution in [1.82, 2.24) is 10.2 Å². The van der Waals surface area contributed by atoms with Crippen LogP contribution in [0, 0.1) is 0 Å². The van der Waals surface area contributed by atoms with E-state index in [-0.39, 0.29) is 19.2 Å². The number of nitrogens with zero attached hydrogens (tertiary/aromatic N) is 1. The van der Waals surface area contributed by atoms with Crippen LogP contribution in [0.3, 0.4) is 0 Å². The van der Waals surface area contributed by atoms with Gasteiger partial charge < -0.3 is 29.2 Å². The molecule has 0 aliphatic heterocycles. The van der Waals surface area contributed by atoms with Gasteiger partial charge in [0.1, 0.15) is 0 Å². The van der Waals surface area contributed by atoms with Crippen molar-refractivity contribution in [1.29, 1.82) is 0 Å². The predicted molar refractivity (Wildman–Crippen MR) is 92.2 cm³/mol. The maximum atomic E-state index is 11.8. The first-order valence-corrected chi connectivity index (χ1v) is 7.80. The number of carbonyl (C=O) groups is 2. The van der Waals surface area contributed by atoms with Crippen LogP contribution in [0.4, 0.5) is 0 Å². The van der Waals surface area contributed by atoms with Gasteiger partial charge in [-0.1, -0.05) is 0 Å². The summed E-state index contributed by atoms with van der Waals surface area (Å²) in [5, 5.41) is 2.58. The van der Waals surface area contributed by atoms with Crippen LogP contribution in [-0.2, 0) is 14.3 Å². The Bertz CT molecular complexity index is 578. The van der Waals surface area contributed by atoms with Crippen LogP contribution in [-0.4, -0.2) is 65.4 Å². The molecule has 1 rings (SSSR count). The lowest BCUT2D eigenvalue weighted by molar-refractivity contribution is -0.154. The van der Waals surface area contributed by atoms with E-state index in [2.05, 4.69) is 10.1 Å². The highest BCUT2D eigenvalue weighted by Gasteiger charge is 2.22. The topological polar surface area (TPSA) is 86.3 Å². The van der Waals surface area contributed by atoms with Gasteiger partial charge in [0.05, 0.1) is 34.0 Å². The molecule has 1 amide bonds. The summed E-state index contributed by atoms with van der Waals surface area (Å²) in [6.45, 7) is 2.00. The van der Waals surface area contributed by atoms with Crippen LogP contribution in [0.5, 0.6) is 17.2 Å². The number of likely N-dealkylation sites (N-methyl/N-ethyl adjacent to an activating group) is 1. The van der Waals surface area contributed by atoms with Crippen LogP contribution in [0.25, 0.3) is 0 Å². The maximum Gasteiger partial charge on any atom is 0.396 e. The molecule has 1 aromatic carbocycles. The number of carbonyl (C=O) groups excluding carboxylic acids is 2. The number of nitrogens with one attached hydrogen (secondary N) is 1. The SMILES string of the molecule is CCOC(=O)C(=O)NCC(c1cc(OC)c(OC)c(OC)c1)N(C)C. The zero-order chi connectivity index (χ0) is 19.0. The fourth-order valence-corrected chi connectivity index (χ4v) is 2.35. The Balaban J connectivity index is 3.06. The van der Waals surface area contributed by atoms with E-state index in [4.69, 9.17) is 14.2 Å². The minimum atomic E-state index is -0.898. The van der Waals surface area contributed by atoms with Gasteiger partial charge in [-0.2, -0.15) is 0 Å². The second-order valence-electron chi connectivity index (χ2n) is 5.37. The van der Waals surface area contributed by atoms with Crippen molar-refractivity contribution in [3.8, 4) is 17.2 Å². The Morgan fingerprint density at radius 1 is 1.08 bits per heavy atom. The molecule has 1 aromatic rings. The van der Waals surface area contributed by atoms with Gasteiger partial charge in [-0.25, -0.2) is 4.79 Å². The third-order valence-corrected chi connectivity index (χ3v) is 3.61. The number of amides is 1. The van der Waals surface area contributed by atoms with Gasteiger partial charge in [-0.3, -0.25) is 4.79 Å². The summed E-state index contributed by atoms with van der Waals surface area (Å²) in [7, 11) is 8.33. The minimum Gasteiger partial charge on any atom is -0.493 e. The zero-order valence-electron chi connectivity index (χ0n) is 15.5. The zero-order valence-corrected chi connectivity index (χ0v) is 15.5. The fraction of sp³-hybridized carbons (Fsp3) is 0.529. The number of esters is 1. The van der Waals surface area contributed by atoms with E-state index in [0.29, 0.717) is 17.2 Å². The predicted octanol–water partition coefficient (Wildman–Crippen LogP) is 0.994. The molecule has 0 radical (unpaired) electrons. The number of benzene rings is 1. The van der Waals surface area contributed by atoms with Crippen LogP contribution in [0.15, 0.2) is 12.1 Å². The molecule has 8 heteroatoms. The van der Waals surface area contributed by atoms with Crippen molar-refractivity contribution in [3.63, 3.8) is 0 Å². The summed E-state index contributed by atoms with van der Waals surface area (Å²) in [5.74, 6) is -0.159. The quantitative estimate of drug-likeness (QED) is 0.550. The van der Waals surface area contributed by atoms with E-state index in [0.717, 1.165) is 5.56 Å². The van der Waals surface area contributed by atoms with E-state index in [9.17, 15) is 9.59 Å². The lowest BCUT2D eigenvalue weighted by Crippen LogP contribution is -2.38. The number of ether oxygens (including phenoxy) is 4. The number of hydrogen-bond acceptors (Lipinski definition) is 7. The lowest BCUT2D eigenvalue weighted by Gasteiger charge is -2.26. The van der Waals surface area contributed by atoms with E-state index < -0.39 is 11.9 Å². The molecule has 8 nitrogen and oxygen atoms in total. The van der Waals surface area contributed by atoms with E-state index in [1.54, 1.807) is 6.92 Å². The fourth-order valence-electron chi connectivity index (χ4n) is 2.35. The highest BCUT2D eigenvalue weighted by Crippen LogP contribution is 2.40. The summed E-state index contributed by atoms with van der Waals surface area (Å²) >= 11 is 0. The van der Waals surface area contributed by atoms with E-state index in [1.165, 1.54) is 21.3 Å². The molecule has 0 saturated carbocycles. The van der Waals surface area contributed by atoms with E-state index >= 15 is 0 Å². The molecule has 0 spiro atoms. The third-order valence-electron chi connectivity index (χ3n) is 3.61. The minimum absolute atomic E-state index is 0.149. The molecular formula is C17H26N2O6. The number of rotatable bonds is 8. The van der Waals surface area contributed by atoms with Crippen molar-refractivity contribution in [2.45, 2.75) is 13.0 Å². The summed E-state index contributed by atoms with van der Waals surface area (Å²) < 4.78 is 20.7. The van der Waals surface area contributed by atoms with Gasteiger partial charge in [0.25, 0.3) is 0 Å². The second kappa shape index (κ2) is 9.73. The second-order valence-corrected chi connectivity index (χ2v) is 5.37. The molecule has 25 heavy (non-hydrogen) atoms. The van der Waals surface area contributed by atoms with Gasteiger partial charge >= 0.3 is 11.9 Å². The first-order chi connectivity index (χ1) is 11.9. The van der Waals surface area contributed by atoms with Gasteiger partial charge in [0.2, 0.25) is 5.75 Å². The van der Waals surface area contributed by atoms with Crippen LogP contribution in [0.1, 0.15) is 18.5 Å². The van der Waals surface area contributed by atoms with Crippen molar-refractivity contribution < 1.29 is 28.5 Å². The van der Waals surface area contributed by atoms with Crippen LogP contribution < -0.4 is 19.5 Å². The first-order valence-electron chi connectivity index (χ1n) is 7.80. The molecule has 0 saturated heterocycles. The molecule has 0 fully saturated rings. The number of hydrogen-bond donors (Lipinski definition) is 1. The number of methoxy groups -OCH3 is 3. The molecular weight excluding hydrogens is 328 g/mol. The first kappa shape index (κ1) is 20.6. The monoisotopic (exact) mass is 354 g/mol. The van der Waals surface area contributed by atoms with Crippen molar-refractivity contribution in [3.05, 3.63) is 17.7 Å². The molecule has 1 unspecified atom stereocenters. The van der Waals surface area contributed by atoms with Crippen molar-refractivity contribution in [2.24, 2.45) is 0 Å². The van der Waals surface area contributed by atoms with Crippen LogP contribution >= 0.6 is 0 Å². The largest absolute Gasteiger partial charge is 0.493 e. The standard InChI is InChI=1S/C17H26N2O6/c1-7-25-17(21)16(20)18-10-12(19(2)3)11-8-13(22-4)15(24-6)14(9-11)23-5/h8-9,12H,7,10H2,1-6H3,(H,18,20). The summed E-state index contributed by atoms with van der Waals surface area (Å²) in [6, 6.07) is 3.40. The Morgan fingerprint density at radius 3 is 2.04 bits per heavy atom. The Hall–Kier alpha value is -2.48. The summed E-state index contributed by atoms with van der Waals surface area (Å²) in [6.07, 6.45) is 0. The van der Waals surface area contributed by atoms with Gasteiger partial charge in [-0.05, 0) is 38.7 Å². The van der Waals surface area contributed by atoms with Gasteiger partial charge in [0.15, 0.2) is 11.5 Å². The summed E-state index contributed by atoms with van der Waals surface area (Å²) in [4.78, 5) is 25.1. The summed E-state index contributed by atoms with van der Waals surface area (Å²) in [5.41, 5.74) is 0.837. The molecule has 1 atom stereocenters. The highest BCUT2D eigenvalue weighted by atomic mass is 16.5. The Kier molecular flexibility index (Phi) is 8.00. The molecule has 0 aliphatic rings. The smallest absolute Gasteiger partial charge is 0.396 e. The molecule has 0 aromatic heterocycles.